The lowest BCUT2D eigenvalue weighted by molar-refractivity contribution is -0.125. The smallest absolute Gasteiger partial charge is 0.156 e. The molecule has 0 aliphatic heterocycles. The molecule has 0 radical (unpaired) electrons. The number of fused-ring (bicyclic) bond motifs is 4. The molecule has 5 rings (SSSR count). The Morgan fingerprint density at radius 2 is 1.84 bits per heavy atom. The second kappa shape index (κ2) is 10.7. The fraction of sp³-hybridized carbons (Fsp3) is 0.606. The second-order valence-corrected chi connectivity index (χ2v) is 12.4. The zero-order chi connectivity index (χ0) is 26.2. The van der Waals surface area contributed by atoms with Gasteiger partial charge in [0.05, 0.1) is 0 Å². The Morgan fingerprint density at radius 3 is 2.57 bits per heavy atom. The molecule has 0 saturated heterocycles. The summed E-state index contributed by atoms with van der Waals surface area (Å²) in [5, 5.41) is 0. The van der Waals surface area contributed by atoms with Gasteiger partial charge in [-0.2, -0.15) is 0 Å². The zero-order valence-electron chi connectivity index (χ0n) is 22.9. The van der Waals surface area contributed by atoms with Gasteiger partial charge in [-0.1, -0.05) is 31.1 Å². The summed E-state index contributed by atoms with van der Waals surface area (Å²) in [6, 6.07) is 9.16. The van der Waals surface area contributed by atoms with Crippen LogP contribution in [0.2, 0.25) is 0 Å². The summed E-state index contributed by atoms with van der Waals surface area (Å²) in [5.74, 6) is 2.24. The number of benzene rings is 1. The number of hydrogen-bond donors (Lipinski definition) is 0. The lowest BCUT2D eigenvalue weighted by Gasteiger charge is -2.52. The Bertz CT molecular complexity index is 1110. The molecular weight excluding hydrogens is 458 g/mol. The van der Waals surface area contributed by atoms with E-state index in [4.69, 9.17) is 0 Å². The highest BCUT2D eigenvalue weighted by atomic mass is 16.1. The summed E-state index contributed by atoms with van der Waals surface area (Å²) in [6.45, 7) is 5.20. The number of ketones is 2. The molecule has 4 nitrogen and oxygen atoms in total. The van der Waals surface area contributed by atoms with E-state index in [1.807, 2.05) is 6.08 Å². The van der Waals surface area contributed by atoms with Gasteiger partial charge in [-0.05, 0) is 110 Å². The molecule has 4 aliphatic carbocycles. The summed E-state index contributed by atoms with van der Waals surface area (Å²) in [7, 11) is 2.15. The van der Waals surface area contributed by atoms with Crippen molar-refractivity contribution in [2.24, 2.45) is 23.2 Å². The topological polar surface area (TPSA) is 54.5 Å². The molecule has 0 spiro atoms. The average Bonchev–Trinajstić information content (AvgIpc) is 3.25. The van der Waals surface area contributed by atoms with Crippen LogP contribution in [0.25, 0.3) is 0 Å². The standard InChI is InChI=1S/C33H43NO3/c1-22(36)30-16-17-31-28-14-10-24-20-26(37)13-15-27(24)32(28)29(21-33(30,31)2)23-8-11-25(12-9-23)34(3)18-6-4-5-7-19-35/h8-9,11-12,19-20,28-31H,4-7,10,13-18,21H2,1-3H3/t28-,29+,30+,31?,33+/m0/s1. The van der Waals surface area contributed by atoms with E-state index in [0.717, 1.165) is 70.6 Å². The van der Waals surface area contributed by atoms with Crippen LogP contribution < -0.4 is 4.90 Å². The van der Waals surface area contributed by atoms with Gasteiger partial charge in [-0.15, -0.1) is 0 Å². The maximum absolute atomic E-state index is 12.8. The SMILES string of the molecule is CC(=O)[C@H]1CCC2[C@@H]3CCC4=CC(=O)CCC4=C3[C@@H](c3ccc(N(C)CCCCCC=O)cc3)C[C@@]21C. The summed E-state index contributed by atoms with van der Waals surface area (Å²) in [4.78, 5) is 37.9. The van der Waals surface area contributed by atoms with Crippen LogP contribution in [0, 0.1) is 23.2 Å². The van der Waals surface area contributed by atoms with Crippen molar-refractivity contribution in [3.05, 3.63) is 52.6 Å². The van der Waals surface area contributed by atoms with Crippen LogP contribution >= 0.6 is 0 Å². The number of carbonyl (C=O) groups is 3. The van der Waals surface area contributed by atoms with E-state index in [1.54, 1.807) is 12.5 Å². The second-order valence-electron chi connectivity index (χ2n) is 12.4. The van der Waals surface area contributed by atoms with Gasteiger partial charge in [0.25, 0.3) is 0 Å². The van der Waals surface area contributed by atoms with Crippen LogP contribution in [-0.4, -0.2) is 31.4 Å². The van der Waals surface area contributed by atoms with Gasteiger partial charge in [-0.25, -0.2) is 0 Å². The first kappa shape index (κ1) is 26.1. The van der Waals surface area contributed by atoms with Gasteiger partial charge < -0.3 is 9.69 Å². The first-order valence-corrected chi connectivity index (χ1v) is 14.6. The molecule has 0 amide bonds. The average molecular weight is 502 g/mol. The van der Waals surface area contributed by atoms with Crippen LogP contribution in [0.5, 0.6) is 0 Å². The number of hydrogen-bond acceptors (Lipinski definition) is 4. The molecule has 0 aromatic heterocycles. The van der Waals surface area contributed by atoms with Crippen molar-refractivity contribution in [3.63, 3.8) is 0 Å². The van der Waals surface area contributed by atoms with Gasteiger partial charge in [0.2, 0.25) is 0 Å². The minimum atomic E-state index is 0.0495. The third kappa shape index (κ3) is 4.89. The number of nitrogens with zero attached hydrogens (tertiary/aromatic N) is 1. The first-order chi connectivity index (χ1) is 17.8. The number of unbranched alkanes of at least 4 members (excludes halogenated alkanes) is 3. The van der Waals surface area contributed by atoms with Crippen LogP contribution in [0.15, 0.2) is 47.1 Å². The highest BCUT2D eigenvalue weighted by Crippen LogP contribution is 2.65. The highest BCUT2D eigenvalue weighted by Gasteiger charge is 2.57. The fourth-order valence-corrected chi connectivity index (χ4v) is 8.47. The van der Waals surface area contributed by atoms with E-state index in [9.17, 15) is 14.4 Å². The van der Waals surface area contributed by atoms with E-state index >= 15 is 0 Å². The molecule has 198 valence electrons. The highest BCUT2D eigenvalue weighted by molar-refractivity contribution is 5.93. The summed E-state index contributed by atoms with van der Waals surface area (Å²) in [5.41, 5.74) is 7.01. The van der Waals surface area contributed by atoms with E-state index in [1.165, 1.54) is 22.4 Å². The molecule has 0 bridgehead atoms. The number of Topliss-reactive ketones (excluding diaryl/α,β-unsaturated/α-hetero) is 1. The maximum atomic E-state index is 12.8. The van der Waals surface area contributed by atoms with Gasteiger partial charge >= 0.3 is 0 Å². The van der Waals surface area contributed by atoms with Crippen molar-refractivity contribution in [1.82, 2.24) is 0 Å². The lowest BCUT2D eigenvalue weighted by atomic mass is 9.51. The van der Waals surface area contributed by atoms with Gasteiger partial charge in [-0.3, -0.25) is 9.59 Å². The quantitative estimate of drug-likeness (QED) is 0.270. The molecular formula is C33H43NO3. The van der Waals surface area contributed by atoms with Crippen LogP contribution in [0.4, 0.5) is 5.69 Å². The molecule has 1 unspecified atom stereocenters. The van der Waals surface area contributed by atoms with Crippen molar-refractivity contribution in [3.8, 4) is 0 Å². The first-order valence-electron chi connectivity index (χ1n) is 14.6. The molecule has 37 heavy (non-hydrogen) atoms. The Labute approximate surface area is 222 Å². The number of carbonyl (C=O) groups excluding carboxylic acids is 3. The lowest BCUT2D eigenvalue weighted by Crippen LogP contribution is -2.44. The van der Waals surface area contributed by atoms with E-state index in [2.05, 4.69) is 43.1 Å². The van der Waals surface area contributed by atoms with Gasteiger partial charge in [0.1, 0.15) is 12.1 Å². The zero-order valence-corrected chi connectivity index (χ0v) is 22.9. The molecule has 1 aromatic carbocycles. The van der Waals surface area contributed by atoms with Crippen molar-refractivity contribution in [2.45, 2.75) is 90.4 Å². The summed E-state index contributed by atoms with van der Waals surface area (Å²) < 4.78 is 0. The third-order valence-electron chi connectivity index (χ3n) is 10.3. The monoisotopic (exact) mass is 501 g/mol. The van der Waals surface area contributed by atoms with E-state index in [0.29, 0.717) is 36.4 Å². The van der Waals surface area contributed by atoms with Gasteiger partial charge in [0.15, 0.2) is 5.78 Å². The molecule has 1 aromatic rings. The molecule has 4 aliphatic rings. The molecule has 2 saturated carbocycles. The van der Waals surface area contributed by atoms with Gasteiger partial charge in [0, 0.05) is 44.0 Å². The largest absolute Gasteiger partial charge is 0.375 e. The summed E-state index contributed by atoms with van der Waals surface area (Å²) >= 11 is 0. The van der Waals surface area contributed by atoms with Crippen molar-refractivity contribution in [1.29, 1.82) is 0 Å². The van der Waals surface area contributed by atoms with Crippen molar-refractivity contribution < 1.29 is 14.4 Å². The summed E-state index contributed by atoms with van der Waals surface area (Å²) in [6.07, 6.45) is 13.6. The number of rotatable bonds is 9. The van der Waals surface area contributed by atoms with E-state index < -0.39 is 0 Å². The minimum absolute atomic E-state index is 0.0495. The number of aldehydes is 1. The molecule has 2 fully saturated rings. The Morgan fingerprint density at radius 1 is 1.05 bits per heavy atom. The maximum Gasteiger partial charge on any atom is 0.156 e. The molecule has 0 N–H and O–H groups in total. The Hall–Kier alpha value is -2.49. The Kier molecular flexibility index (Phi) is 7.56. The van der Waals surface area contributed by atoms with E-state index in [-0.39, 0.29) is 17.1 Å². The van der Waals surface area contributed by atoms with Crippen molar-refractivity contribution >= 4 is 23.5 Å². The third-order valence-corrected chi connectivity index (χ3v) is 10.3. The predicted molar refractivity (Wildman–Crippen MR) is 149 cm³/mol. The van der Waals surface area contributed by atoms with Crippen molar-refractivity contribution in [2.75, 3.05) is 18.5 Å². The molecule has 4 heteroatoms. The number of anilines is 1. The number of allylic oxidation sites excluding steroid dienone is 4. The molecule has 0 heterocycles. The predicted octanol–water partition coefficient (Wildman–Crippen LogP) is 6.99. The normalized spacial score (nSPS) is 30.8. The Balaban J connectivity index is 1.45. The minimum Gasteiger partial charge on any atom is -0.375 e. The molecule has 5 atom stereocenters. The fourth-order valence-electron chi connectivity index (χ4n) is 8.47. The van der Waals surface area contributed by atoms with Crippen LogP contribution in [0.1, 0.15) is 96.0 Å². The van der Waals surface area contributed by atoms with Crippen LogP contribution in [0.3, 0.4) is 0 Å². The van der Waals surface area contributed by atoms with Crippen LogP contribution in [-0.2, 0) is 14.4 Å².